The Morgan fingerprint density at radius 2 is 2.11 bits per heavy atom. The van der Waals surface area contributed by atoms with E-state index in [0.717, 1.165) is 0 Å². The fourth-order valence-corrected chi connectivity index (χ4v) is 0.714. The third-order valence-corrected chi connectivity index (χ3v) is 2.08. The largest absolute Gasteiger partial charge is 1.00 e. The van der Waals surface area contributed by atoms with Crippen LogP contribution < -0.4 is 57.1 Å². The number of rotatable bonds is 2. The molecule has 6 heteroatoms. The molecule has 4 nitrogen and oxygen atoms in total. The summed E-state index contributed by atoms with van der Waals surface area (Å²) in [5, 5.41) is 0. The van der Waals surface area contributed by atoms with Crippen molar-refractivity contribution in [3.63, 3.8) is 0 Å². The van der Waals surface area contributed by atoms with Gasteiger partial charge in [0.2, 0.25) is 0 Å². The summed E-state index contributed by atoms with van der Waals surface area (Å²) in [5.41, 5.74) is 4.99. The average Bonchev–Trinajstić information content (AvgIpc) is 1.62. The fourth-order valence-electron chi connectivity index (χ4n) is 0.238. The zero-order valence-corrected chi connectivity index (χ0v) is 9.63. The first-order valence-corrected chi connectivity index (χ1v) is 3.97. The maximum absolute atomic E-state index is 10.1. The van der Waals surface area contributed by atoms with Gasteiger partial charge in [0.25, 0.3) is 0 Å². The number of nitrogens with two attached hydrogens (primary N) is 1. The van der Waals surface area contributed by atoms with Gasteiger partial charge in [0.05, 0.1) is 0 Å². The summed E-state index contributed by atoms with van der Waals surface area (Å²) >= 11 is 0. The normalized spacial score (nSPS) is 14.2. The van der Waals surface area contributed by atoms with Crippen molar-refractivity contribution >= 4 is 7.60 Å². The van der Waals surface area contributed by atoms with E-state index in [-0.39, 0.29) is 52.8 Å². The Balaban J connectivity index is -0.000000245. The summed E-state index contributed by atoms with van der Waals surface area (Å²) in [6.45, 7) is 1.63. The molecule has 0 aliphatic carbocycles. The fraction of sp³-hybridized carbons (Fsp3) is 1.00. The van der Waals surface area contributed by atoms with Gasteiger partial charge in [-0.2, -0.15) is 0 Å². The zero-order valence-electron chi connectivity index (χ0n) is 6.61. The van der Waals surface area contributed by atoms with Crippen LogP contribution in [0.25, 0.3) is 0 Å². The smallest absolute Gasteiger partial charge is 1.00 e. The third-order valence-electron chi connectivity index (χ3n) is 0.850. The van der Waals surface area contributed by atoms with E-state index >= 15 is 0 Å². The Morgan fingerprint density at radius 3 is 2.11 bits per heavy atom. The predicted molar refractivity (Wildman–Crippen MR) is 31.4 cm³/mol. The molecule has 0 rings (SSSR count). The Hall–Kier alpha value is 1.75. The van der Waals surface area contributed by atoms with Crippen LogP contribution >= 0.6 is 7.60 Å². The average molecular weight is 179 g/mol. The van der Waals surface area contributed by atoms with E-state index in [1.807, 2.05) is 0 Å². The molecule has 1 unspecified atom stereocenters. The van der Waals surface area contributed by atoms with Crippen LogP contribution in [-0.2, 0) is 4.57 Å². The van der Waals surface area contributed by atoms with Gasteiger partial charge < -0.3 is 16.9 Å². The molecule has 0 aromatic rings. The summed E-state index contributed by atoms with van der Waals surface area (Å²) in [5.74, 6) is -0.984. The van der Waals surface area contributed by atoms with E-state index in [9.17, 15) is 4.57 Å². The maximum atomic E-state index is 10.1. The summed E-state index contributed by atoms with van der Waals surface area (Å²) < 4.78 is 10.1. The van der Waals surface area contributed by atoms with Crippen molar-refractivity contribution in [2.75, 3.05) is 0 Å². The molecule has 0 amide bonds. The Kier molecular flexibility index (Phi) is 8.01. The summed E-state index contributed by atoms with van der Waals surface area (Å²) in [6.07, 6.45) is 0.310. The molecule has 0 fully saturated rings. The molecule has 0 radical (unpaired) electrons. The molecule has 1 atom stereocenters. The molecule has 0 aliphatic heterocycles. The minimum Gasteiger partial charge on any atom is -1.00 e. The Bertz CT molecular complexity index is 118. The van der Waals surface area contributed by atoms with Gasteiger partial charge in [0.1, 0.15) is 5.78 Å². The molecule has 0 saturated heterocycles. The van der Waals surface area contributed by atoms with Crippen molar-refractivity contribution in [3.05, 3.63) is 0 Å². The van der Waals surface area contributed by atoms with Gasteiger partial charge >= 0.3 is 59.0 Å². The van der Waals surface area contributed by atoms with Crippen molar-refractivity contribution in [1.82, 2.24) is 0 Å². The summed E-state index contributed by atoms with van der Waals surface area (Å²) in [7, 11) is -3.98. The summed E-state index contributed by atoms with van der Waals surface area (Å²) in [6, 6.07) is 0. The Labute approximate surface area is 98.3 Å². The molecule has 0 aliphatic rings. The molecule has 9 heavy (non-hydrogen) atoms. The molecular formula is C3H11KNO3P. The topological polar surface area (TPSA) is 83.6 Å². The monoisotopic (exact) mass is 179 g/mol. The van der Waals surface area contributed by atoms with Gasteiger partial charge in [0, 0.05) is 0 Å². The minimum atomic E-state index is -3.98. The molecule has 0 heterocycles. The van der Waals surface area contributed by atoms with Crippen molar-refractivity contribution in [2.45, 2.75) is 19.1 Å². The van der Waals surface area contributed by atoms with Crippen LogP contribution in [0.4, 0.5) is 0 Å². The second-order valence-electron chi connectivity index (χ2n) is 1.56. The molecule has 0 aromatic heterocycles. The molecule has 52 valence electrons. The van der Waals surface area contributed by atoms with Crippen LogP contribution in [0.3, 0.4) is 0 Å². The van der Waals surface area contributed by atoms with E-state index < -0.39 is 13.4 Å². The number of hydrogen-bond donors (Lipinski definition) is 3. The SMILES string of the molecule is CCC(N)P(=O)(O)O.[H-].[K+]. The summed E-state index contributed by atoms with van der Waals surface area (Å²) in [4.78, 5) is 16.5. The van der Waals surface area contributed by atoms with Crippen molar-refractivity contribution in [1.29, 1.82) is 0 Å². The quantitative estimate of drug-likeness (QED) is 0.311. The third kappa shape index (κ3) is 6.16. The van der Waals surface area contributed by atoms with Gasteiger partial charge in [0.15, 0.2) is 0 Å². The van der Waals surface area contributed by atoms with E-state index in [1.54, 1.807) is 6.92 Å². The van der Waals surface area contributed by atoms with E-state index in [0.29, 0.717) is 6.42 Å². The van der Waals surface area contributed by atoms with Gasteiger partial charge in [-0.3, -0.25) is 4.57 Å². The minimum absolute atomic E-state index is 0. The zero-order chi connectivity index (χ0) is 6.78. The van der Waals surface area contributed by atoms with Crippen molar-refractivity contribution < 1.29 is 67.2 Å². The van der Waals surface area contributed by atoms with Crippen LogP contribution in [0, 0.1) is 0 Å². The van der Waals surface area contributed by atoms with Gasteiger partial charge in [-0.1, -0.05) is 6.92 Å². The molecular weight excluding hydrogens is 168 g/mol. The van der Waals surface area contributed by atoms with E-state index in [4.69, 9.17) is 15.5 Å². The first-order valence-electron chi connectivity index (χ1n) is 2.29. The standard InChI is InChI=1S/C3H10NO3P.K.H/c1-2-3(4)8(5,6)7;;/h3H,2,4H2,1H3,(H2,5,6,7);;/q;+1;-1. The maximum Gasteiger partial charge on any atom is 1.00 e. The molecule has 0 spiro atoms. The Morgan fingerprint density at radius 1 is 1.78 bits per heavy atom. The molecule has 0 aromatic carbocycles. The second kappa shape index (κ2) is 5.40. The molecule has 0 saturated carbocycles. The van der Waals surface area contributed by atoms with Crippen molar-refractivity contribution in [3.8, 4) is 0 Å². The second-order valence-corrected chi connectivity index (χ2v) is 3.41. The van der Waals surface area contributed by atoms with E-state index in [1.165, 1.54) is 0 Å². The first-order chi connectivity index (χ1) is 3.48. The first kappa shape index (κ1) is 13.3. The number of hydrogen-bond acceptors (Lipinski definition) is 2. The van der Waals surface area contributed by atoms with E-state index in [2.05, 4.69) is 0 Å². The van der Waals surface area contributed by atoms with Gasteiger partial charge in [-0.05, 0) is 6.42 Å². The van der Waals surface area contributed by atoms with Crippen LogP contribution in [-0.4, -0.2) is 15.6 Å². The predicted octanol–water partition coefficient (Wildman–Crippen LogP) is -3.02. The molecule has 4 N–H and O–H groups in total. The van der Waals surface area contributed by atoms with Crippen LogP contribution in [0.2, 0.25) is 0 Å². The van der Waals surface area contributed by atoms with Crippen molar-refractivity contribution in [2.24, 2.45) is 5.73 Å². The molecule has 0 bridgehead atoms. The van der Waals surface area contributed by atoms with Crippen LogP contribution in [0.5, 0.6) is 0 Å². The van der Waals surface area contributed by atoms with Crippen LogP contribution in [0.15, 0.2) is 0 Å². The van der Waals surface area contributed by atoms with Gasteiger partial charge in [-0.25, -0.2) is 0 Å². The van der Waals surface area contributed by atoms with Crippen LogP contribution in [0.1, 0.15) is 14.8 Å². The van der Waals surface area contributed by atoms with Gasteiger partial charge in [-0.15, -0.1) is 0 Å².